The Bertz CT molecular complexity index is 789. The van der Waals surface area contributed by atoms with E-state index < -0.39 is 17.6 Å². The van der Waals surface area contributed by atoms with Crippen molar-refractivity contribution in [1.82, 2.24) is 4.90 Å². The molecule has 0 radical (unpaired) electrons. The zero-order valence-electron chi connectivity index (χ0n) is 18.1. The fraction of sp³-hybridized carbons (Fsp3) is 0.583. The number of aliphatic hydroxyl groups excluding tert-OH is 1. The third kappa shape index (κ3) is 4.79. The summed E-state index contributed by atoms with van der Waals surface area (Å²) in [6.07, 6.45) is 12.1. The second-order valence-electron chi connectivity index (χ2n) is 8.19. The fourth-order valence-corrected chi connectivity index (χ4v) is 4.52. The van der Waals surface area contributed by atoms with E-state index in [-0.39, 0.29) is 11.6 Å². The summed E-state index contributed by atoms with van der Waals surface area (Å²) < 4.78 is 10.6. The number of hydrogen-bond donors (Lipinski definition) is 1. The first-order valence-electron chi connectivity index (χ1n) is 11.1. The van der Waals surface area contributed by atoms with Gasteiger partial charge < -0.3 is 14.6 Å². The number of rotatable bonds is 4. The topological polar surface area (TPSA) is 76.1 Å². The van der Waals surface area contributed by atoms with Crippen molar-refractivity contribution < 1.29 is 24.2 Å². The summed E-state index contributed by atoms with van der Waals surface area (Å²) in [5.41, 5.74) is 0.506. The van der Waals surface area contributed by atoms with E-state index in [0.717, 1.165) is 38.5 Å². The van der Waals surface area contributed by atoms with Crippen LogP contribution >= 0.6 is 0 Å². The van der Waals surface area contributed by atoms with E-state index in [1.165, 1.54) is 51.2 Å². The van der Waals surface area contributed by atoms with E-state index in [1.54, 1.807) is 18.2 Å². The molecule has 1 aromatic carbocycles. The van der Waals surface area contributed by atoms with Gasteiger partial charge in [0.15, 0.2) is 17.3 Å². The van der Waals surface area contributed by atoms with Crippen molar-refractivity contribution in [2.24, 2.45) is 0 Å². The van der Waals surface area contributed by atoms with Crippen molar-refractivity contribution in [3.05, 3.63) is 29.5 Å². The zero-order valence-corrected chi connectivity index (χ0v) is 18.1. The molecule has 1 heterocycles. The van der Waals surface area contributed by atoms with Crippen LogP contribution in [0.5, 0.6) is 11.5 Å². The van der Waals surface area contributed by atoms with Crippen molar-refractivity contribution in [2.45, 2.75) is 76.7 Å². The smallest absolute Gasteiger partial charge is 0.296 e. The number of ether oxygens (including phenoxy) is 2. The van der Waals surface area contributed by atoms with Crippen LogP contribution in [0.2, 0.25) is 0 Å². The predicted octanol–water partition coefficient (Wildman–Crippen LogP) is 5.02. The molecule has 2 aliphatic rings. The lowest BCUT2D eigenvalue weighted by Crippen LogP contribution is -2.41. The van der Waals surface area contributed by atoms with E-state index in [0.29, 0.717) is 17.1 Å². The molecule has 0 unspecified atom stereocenters. The molecule has 1 aliphatic heterocycles. The molecule has 6 heteroatoms. The Morgan fingerprint density at radius 1 is 0.800 bits per heavy atom. The first-order valence-corrected chi connectivity index (χ1v) is 11.1. The largest absolute Gasteiger partial charge is 0.502 e. The van der Waals surface area contributed by atoms with E-state index in [4.69, 9.17) is 9.47 Å². The van der Waals surface area contributed by atoms with Crippen molar-refractivity contribution in [3.63, 3.8) is 0 Å². The van der Waals surface area contributed by atoms with E-state index in [1.807, 2.05) is 0 Å². The number of carbonyl (C=O) groups is 2. The Hall–Kier alpha value is -2.50. The second kappa shape index (κ2) is 10.5. The van der Waals surface area contributed by atoms with E-state index >= 15 is 0 Å². The number of amides is 2. The lowest BCUT2D eigenvalue weighted by Gasteiger charge is -2.27. The molecule has 6 nitrogen and oxygen atoms in total. The van der Waals surface area contributed by atoms with Crippen LogP contribution in [-0.2, 0) is 9.59 Å². The maximum Gasteiger partial charge on any atom is 0.296 e. The normalized spacial score (nSPS) is 20.1. The van der Waals surface area contributed by atoms with Gasteiger partial charge in [-0.05, 0) is 30.5 Å². The molecule has 0 aromatic heterocycles. The Balaban J connectivity index is 1.82. The highest BCUT2D eigenvalue weighted by molar-refractivity contribution is 6.35. The monoisotopic (exact) mass is 415 g/mol. The van der Waals surface area contributed by atoms with Gasteiger partial charge in [0.25, 0.3) is 11.8 Å². The summed E-state index contributed by atoms with van der Waals surface area (Å²) >= 11 is 0. The number of aliphatic hydroxyl groups is 1. The third-order valence-electron chi connectivity index (χ3n) is 6.20. The SMILES string of the molecule is COc1ccc(C2=C(O)C(=O)N(C3CCCCCCCCCCC3)C2=O)cc1OC. The van der Waals surface area contributed by atoms with Gasteiger partial charge in [0, 0.05) is 6.04 Å². The molecule has 3 rings (SSSR count). The highest BCUT2D eigenvalue weighted by atomic mass is 16.5. The minimum absolute atomic E-state index is 0.0482. The van der Waals surface area contributed by atoms with E-state index in [9.17, 15) is 14.7 Å². The van der Waals surface area contributed by atoms with Gasteiger partial charge in [0.05, 0.1) is 19.8 Å². The van der Waals surface area contributed by atoms with Gasteiger partial charge >= 0.3 is 0 Å². The van der Waals surface area contributed by atoms with Crippen molar-refractivity contribution in [3.8, 4) is 11.5 Å². The Morgan fingerprint density at radius 2 is 1.33 bits per heavy atom. The highest BCUT2D eigenvalue weighted by Crippen LogP contribution is 2.36. The van der Waals surface area contributed by atoms with E-state index in [2.05, 4.69) is 0 Å². The average molecular weight is 416 g/mol. The number of methoxy groups -OCH3 is 2. The molecule has 0 spiro atoms. The minimum atomic E-state index is -0.582. The molecule has 1 aromatic rings. The highest BCUT2D eigenvalue weighted by Gasteiger charge is 2.42. The van der Waals surface area contributed by atoms with Gasteiger partial charge in [-0.2, -0.15) is 0 Å². The lowest BCUT2D eigenvalue weighted by molar-refractivity contribution is -0.141. The Kier molecular flexibility index (Phi) is 7.77. The molecule has 0 saturated heterocycles. The zero-order chi connectivity index (χ0) is 21.5. The van der Waals surface area contributed by atoms with Gasteiger partial charge in [0.2, 0.25) is 0 Å². The summed E-state index contributed by atoms with van der Waals surface area (Å²) in [5.74, 6) is -0.503. The number of nitrogens with zero attached hydrogens (tertiary/aromatic N) is 1. The molecular weight excluding hydrogens is 382 g/mol. The van der Waals surface area contributed by atoms with Crippen LogP contribution in [0.15, 0.2) is 24.0 Å². The summed E-state index contributed by atoms with van der Waals surface area (Å²) in [6, 6.07) is 4.80. The summed E-state index contributed by atoms with van der Waals surface area (Å²) in [5, 5.41) is 10.6. The maximum absolute atomic E-state index is 13.3. The summed E-state index contributed by atoms with van der Waals surface area (Å²) in [4.78, 5) is 27.5. The quantitative estimate of drug-likeness (QED) is 0.699. The molecule has 0 bridgehead atoms. The molecule has 1 aliphatic carbocycles. The molecule has 164 valence electrons. The molecular formula is C24H33NO5. The molecule has 0 atom stereocenters. The predicted molar refractivity (Wildman–Crippen MR) is 116 cm³/mol. The molecule has 2 amide bonds. The Morgan fingerprint density at radius 3 is 1.87 bits per heavy atom. The number of imide groups is 1. The first-order chi connectivity index (χ1) is 14.6. The number of carbonyl (C=O) groups excluding carboxylic acids is 2. The average Bonchev–Trinajstić information content (AvgIpc) is 2.96. The molecule has 1 N–H and O–H groups in total. The van der Waals surface area contributed by atoms with Crippen LogP contribution in [-0.4, -0.2) is 42.1 Å². The van der Waals surface area contributed by atoms with Crippen LogP contribution in [0, 0.1) is 0 Å². The van der Waals surface area contributed by atoms with Crippen LogP contribution in [0.4, 0.5) is 0 Å². The van der Waals surface area contributed by atoms with Gasteiger partial charge in [-0.15, -0.1) is 0 Å². The van der Waals surface area contributed by atoms with Crippen molar-refractivity contribution in [1.29, 1.82) is 0 Å². The van der Waals surface area contributed by atoms with Gasteiger partial charge in [0.1, 0.15) is 0 Å². The first kappa shape index (κ1) is 22.2. The standard InChI is InChI=1S/C24H33NO5/c1-29-19-15-14-17(16-20(19)30-2)21-22(26)24(28)25(23(21)27)18-12-10-8-6-4-3-5-7-9-11-13-18/h14-16,18,26H,3-13H2,1-2H3. The minimum Gasteiger partial charge on any atom is -0.502 e. The molecule has 30 heavy (non-hydrogen) atoms. The van der Waals surface area contributed by atoms with Gasteiger partial charge in [-0.1, -0.05) is 63.9 Å². The summed E-state index contributed by atoms with van der Waals surface area (Å²) in [7, 11) is 3.04. The van der Waals surface area contributed by atoms with Crippen molar-refractivity contribution in [2.75, 3.05) is 14.2 Å². The lowest BCUT2D eigenvalue weighted by atomic mass is 9.96. The number of benzene rings is 1. The van der Waals surface area contributed by atoms with Gasteiger partial charge in [-0.3, -0.25) is 14.5 Å². The second-order valence-corrected chi connectivity index (χ2v) is 8.19. The molecule has 1 fully saturated rings. The van der Waals surface area contributed by atoms with Crippen LogP contribution < -0.4 is 9.47 Å². The number of hydrogen-bond acceptors (Lipinski definition) is 5. The van der Waals surface area contributed by atoms with Crippen molar-refractivity contribution >= 4 is 17.4 Å². The van der Waals surface area contributed by atoms with Crippen LogP contribution in [0.3, 0.4) is 0 Å². The Labute approximate surface area is 178 Å². The third-order valence-corrected chi connectivity index (χ3v) is 6.20. The van der Waals surface area contributed by atoms with Gasteiger partial charge in [-0.25, -0.2) is 0 Å². The fourth-order valence-electron chi connectivity index (χ4n) is 4.52. The van der Waals surface area contributed by atoms with Crippen LogP contribution in [0.25, 0.3) is 5.57 Å². The summed E-state index contributed by atoms with van der Waals surface area (Å²) in [6.45, 7) is 0. The molecule has 1 saturated carbocycles. The maximum atomic E-state index is 13.3. The van der Waals surface area contributed by atoms with Crippen LogP contribution in [0.1, 0.15) is 76.2 Å².